The Labute approximate surface area is 109 Å². The van der Waals surface area contributed by atoms with E-state index in [1.165, 1.54) is 24.1 Å². The molecule has 1 aliphatic heterocycles. The number of hydrogen-bond acceptors (Lipinski definition) is 4. The van der Waals surface area contributed by atoms with Gasteiger partial charge < -0.3 is 15.1 Å². The molecule has 6 nitrogen and oxygen atoms in total. The van der Waals surface area contributed by atoms with Gasteiger partial charge in [-0.1, -0.05) is 0 Å². The molecule has 1 aromatic heterocycles. The van der Waals surface area contributed by atoms with Crippen molar-refractivity contribution in [1.29, 1.82) is 0 Å². The lowest BCUT2D eigenvalue weighted by atomic mass is 9.91. The third-order valence-corrected chi connectivity index (χ3v) is 3.62. The number of allylic oxidation sites excluding steroid dienone is 2. The Kier molecular flexibility index (Phi) is 2.58. The molecular weight excluding hydrogens is 248 g/mol. The fourth-order valence-electron chi connectivity index (χ4n) is 2.71. The number of aromatic nitrogens is 1. The maximum atomic E-state index is 12.5. The molecule has 1 unspecified atom stereocenters. The molecule has 1 N–H and O–H groups in total. The van der Waals surface area contributed by atoms with Crippen molar-refractivity contribution in [2.45, 2.75) is 19.3 Å². The van der Waals surface area contributed by atoms with Crippen LogP contribution in [0.4, 0.5) is 0 Å². The molecule has 0 fully saturated rings. The highest BCUT2D eigenvalue weighted by Gasteiger charge is 2.37. The Balaban J connectivity index is 2.23. The van der Waals surface area contributed by atoms with E-state index in [4.69, 9.17) is 4.74 Å². The number of ether oxygens (including phenoxy) is 1. The molecule has 0 aromatic carbocycles. The summed E-state index contributed by atoms with van der Waals surface area (Å²) in [5.41, 5.74) is 0.775. The second kappa shape index (κ2) is 4.15. The van der Waals surface area contributed by atoms with Crippen LogP contribution in [0.15, 0.2) is 18.0 Å². The topological polar surface area (TPSA) is 77.5 Å². The summed E-state index contributed by atoms with van der Waals surface area (Å²) in [7, 11) is 1.39. The Hall–Kier alpha value is -2.24. The average molecular weight is 262 g/mol. The van der Waals surface area contributed by atoms with Gasteiger partial charge in [-0.25, -0.2) is 0 Å². The highest BCUT2D eigenvalue weighted by atomic mass is 16.5. The second-order valence-electron chi connectivity index (χ2n) is 4.71. The van der Waals surface area contributed by atoms with Crippen LogP contribution in [0.2, 0.25) is 0 Å². The molecule has 2 aliphatic rings. The molecule has 0 bridgehead atoms. The van der Waals surface area contributed by atoms with Gasteiger partial charge in [0.1, 0.15) is 5.92 Å². The molecule has 0 saturated carbocycles. The lowest BCUT2D eigenvalue weighted by molar-refractivity contribution is -0.403. The number of hydroxylamine groups is 1. The van der Waals surface area contributed by atoms with E-state index in [2.05, 4.69) is 0 Å². The van der Waals surface area contributed by atoms with E-state index in [9.17, 15) is 15.1 Å². The minimum Gasteiger partial charge on any atom is -0.618 e. The zero-order chi connectivity index (χ0) is 13.6. The van der Waals surface area contributed by atoms with Crippen LogP contribution in [0.25, 0.3) is 0 Å². The molecule has 3 rings (SSSR count). The normalized spacial score (nSPS) is 21.9. The maximum absolute atomic E-state index is 12.5. The van der Waals surface area contributed by atoms with Gasteiger partial charge in [-0.2, -0.15) is 4.74 Å². The highest BCUT2D eigenvalue weighted by Crippen LogP contribution is 2.36. The fourth-order valence-corrected chi connectivity index (χ4v) is 2.71. The molecule has 0 radical (unpaired) electrons. The van der Waals surface area contributed by atoms with Crippen molar-refractivity contribution in [2.24, 2.45) is 5.92 Å². The van der Waals surface area contributed by atoms with Crippen LogP contribution in [0, 0.1) is 11.1 Å². The Morgan fingerprint density at radius 1 is 1.58 bits per heavy atom. The third-order valence-electron chi connectivity index (χ3n) is 3.62. The first kappa shape index (κ1) is 11.8. The first-order valence-corrected chi connectivity index (χ1v) is 6.17. The minimum absolute atomic E-state index is 0.140. The van der Waals surface area contributed by atoms with Crippen LogP contribution in [-0.2, 0) is 0 Å². The van der Waals surface area contributed by atoms with Gasteiger partial charge in [0.05, 0.1) is 13.3 Å². The molecule has 0 spiro atoms. The molecule has 1 aromatic rings. The second-order valence-corrected chi connectivity index (χ2v) is 4.71. The zero-order valence-corrected chi connectivity index (χ0v) is 10.5. The molecule has 1 atom stereocenters. The summed E-state index contributed by atoms with van der Waals surface area (Å²) in [6, 6.07) is 0. The van der Waals surface area contributed by atoms with Crippen LogP contribution in [-0.4, -0.2) is 33.6 Å². The van der Waals surface area contributed by atoms with Crippen molar-refractivity contribution >= 4 is 12.1 Å². The lowest BCUT2D eigenvalue weighted by Crippen LogP contribution is -2.26. The van der Waals surface area contributed by atoms with E-state index in [0.717, 1.165) is 12.8 Å². The zero-order valence-electron chi connectivity index (χ0n) is 10.5. The molecule has 1 aliphatic carbocycles. The number of methoxy groups -OCH3 is 1. The summed E-state index contributed by atoms with van der Waals surface area (Å²) in [5, 5.41) is 21.9. The van der Waals surface area contributed by atoms with Crippen molar-refractivity contribution in [3.05, 3.63) is 28.9 Å². The highest BCUT2D eigenvalue weighted by molar-refractivity contribution is 5.94. The Morgan fingerprint density at radius 2 is 2.37 bits per heavy atom. The Morgan fingerprint density at radius 3 is 3.11 bits per heavy atom. The lowest BCUT2D eigenvalue weighted by Gasteiger charge is -2.18. The number of nitrogens with zero attached hydrogens (tertiary/aromatic N) is 2. The maximum Gasteiger partial charge on any atom is 0.245 e. The van der Waals surface area contributed by atoms with Crippen molar-refractivity contribution in [2.75, 3.05) is 7.11 Å². The number of rotatable bonds is 1. The minimum atomic E-state index is -0.444. The predicted octanol–water partition coefficient (Wildman–Crippen LogP) is 1.47. The van der Waals surface area contributed by atoms with Crippen LogP contribution in [0.1, 0.15) is 29.8 Å². The third kappa shape index (κ3) is 1.63. The number of carbonyl (C=O) groups excluding carboxylic acids is 1. The van der Waals surface area contributed by atoms with Crippen LogP contribution in [0.3, 0.4) is 0 Å². The predicted molar refractivity (Wildman–Crippen MR) is 67.5 cm³/mol. The largest absolute Gasteiger partial charge is 0.618 e. The number of aromatic hydroxyl groups is 1. The summed E-state index contributed by atoms with van der Waals surface area (Å²) in [6.07, 6.45) is 6.74. The van der Waals surface area contributed by atoms with Crippen molar-refractivity contribution in [3.8, 4) is 11.5 Å². The summed E-state index contributed by atoms with van der Waals surface area (Å²) in [6.45, 7) is 0. The number of hydrogen-bond donors (Lipinski definition) is 1. The quantitative estimate of drug-likeness (QED) is 0.614. The summed E-state index contributed by atoms with van der Waals surface area (Å²) < 4.78 is 7.06. The molecule has 100 valence electrons. The molecule has 6 heteroatoms. The van der Waals surface area contributed by atoms with Gasteiger partial charge in [-0.05, 0) is 25.3 Å². The smallest absolute Gasteiger partial charge is 0.245 e. The van der Waals surface area contributed by atoms with E-state index in [-0.39, 0.29) is 23.1 Å². The SMILES string of the molecule is COc1c(O)cn2c1C=[N+]([O-])C1=CCCCC1C2=O. The molecular formula is C13H14N2O4. The van der Waals surface area contributed by atoms with E-state index >= 15 is 0 Å². The number of carbonyl (C=O) groups is 1. The van der Waals surface area contributed by atoms with Gasteiger partial charge in [0.15, 0.2) is 17.2 Å². The first-order valence-electron chi connectivity index (χ1n) is 6.17. The van der Waals surface area contributed by atoms with Gasteiger partial charge in [0, 0.05) is 0 Å². The fraction of sp³-hybridized carbons (Fsp3) is 0.385. The summed E-state index contributed by atoms with van der Waals surface area (Å²) in [5.74, 6) is -0.637. The van der Waals surface area contributed by atoms with Gasteiger partial charge >= 0.3 is 0 Å². The molecule has 2 heterocycles. The van der Waals surface area contributed by atoms with Gasteiger partial charge in [-0.15, -0.1) is 0 Å². The summed E-state index contributed by atoms with van der Waals surface area (Å²) in [4.78, 5) is 12.5. The number of fused-ring (bicyclic) bond motifs is 2. The standard InChI is InChI=1S/C13H14N2O4/c1-19-12-10-6-15(18)9-5-3-2-4-8(9)13(17)14(10)7-11(12)16/h5-8,16H,2-4H2,1H3. The van der Waals surface area contributed by atoms with Crippen LogP contribution < -0.4 is 4.74 Å². The van der Waals surface area contributed by atoms with E-state index in [0.29, 0.717) is 16.9 Å². The van der Waals surface area contributed by atoms with E-state index in [1.807, 2.05) is 6.08 Å². The van der Waals surface area contributed by atoms with Crippen LogP contribution in [0.5, 0.6) is 11.5 Å². The van der Waals surface area contributed by atoms with E-state index < -0.39 is 5.92 Å². The molecule has 0 saturated heterocycles. The van der Waals surface area contributed by atoms with Crippen LogP contribution >= 0.6 is 0 Å². The van der Waals surface area contributed by atoms with Gasteiger partial charge in [0.2, 0.25) is 17.8 Å². The van der Waals surface area contributed by atoms with Gasteiger partial charge in [0.25, 0.3) is 0 Å². The van der Waals surface area contributed by atoms with Crippen molar-refractivity contribution in [1.82, 2.24) is 4.57 Å². The summed E-state index contributed by atoms with van der Waals surface area (Å²) >= 11 is 0. The van der Waals surface area contributed by atoms with Crippen molar-refractivity contribution in [3.63, 3.8) is 0 Å². The first-order chi connectivity index (χ1) is 9.13. The van der Waals surface area contributed by atoms with E-state index in [1.54, 1.807) is 0 Å². The Bertz CT molecular complexity index is 612. The van der Waals surface area contributed by atoms with Gasteiger partial charge in [-0.3, -0.25) is 9.36 Å². The average Bonchev–Trinajstić information content (AvgIpc) is 2.69. The van der Waals surface area contributed by atoms with Crippen molar-refractivity contribution < 1.29 is 19.4 Å². The molecule has 0 amide bonds. The monoisotopic (exact) mass is 262 g/mol. The molecule has 19 heavy (non-hydrogen) atoms.